The minimum absolute atomic E-state index is 0.130. The highest BCUT2D eigenvalue weighted by Crippen LogP contribution is 2.36. The normalized spacial score (nSPS) is 22.1. The molecule has 5 nitrogen and oxygen atoms in total. The van der Waals surface area contributed by atoms with Crippen LogP contribution in [0.4, 0.5) is 5.95 Å². The molecule has 0 bridgehead atoms. The number of hydrogen-bond donors (Lipinski definition) is 1. The van der Waals surface area contributed by atoms with E-state index in [2.05, 4.69) is 17.1 Å². The fourth-order valence-electron chi connectivity index (χ4n) is 3.61. The fraction of sp³-hybridized carbons (Fsp3) is 0.625. The van der Waals surface area contributed by atoms with Gasteiger partial charge in [-0.1, -0.05) is 6.92 Å². The van der Waals surface area contributed by atoms with Gasteiger partial charge in [-0.05, 0) is 30.7 Å². The van der Waals surface area contributed by atoms with Crippen molar-refractivity contribution in [2.75, 3.05) is 31.1 Å². The molecule has 0 aromatic carbocycles. The quantitative estimate of drug-likeness (QED) is 0.866. The molecule has 1 N–H and O–H groups in total. The van der Waals surface area contributed by atoms with Gasteiger partial charge in [0.2, 0.25) is 5.95 Å². The first-order chi connectivity index (χ1) is 10.6. The van der Waals surface area contributed by atoms with Crippen LogP contribution in [0.15, 0.2) is 4.79 Å². The van der Waals surface area contributed by atoms with Crippen molar-refractivity contribution in [2.24, 2.45) is 13.0 Å². The molecule has 1 unspecified atom stereocenters. The minimum Gasteiger partial charge on any atom is -0.340 e. The summed E-state index contributed by atoms with van der Waals surface area (Å²) >= 11 is 1.74. The van der Waals surface area contributed by atoms with Crippen LogP contribution in [0, 0.1) is 5.92 Å². The molecule has 1 fully saturated rings. The topological polar surface area (TPSA) is 50.2 Å². The summed E-state index contributed by atoms with van der Waals surface area (Å²) < 4.78 is 1.75. The lowest BCUT2D eigenvalue weighted by Gasteiger charge is -2.29. The van der Waals surface area contributed by atoms with Crippen LogP contribution in [-0.4, -0.2) is 35.7 Å². The second-order valence-corrected chi connectivity index (χ2v) is 7.63. The van der Waals surface area contributed by atoms with E-state index in [0.29, 0.717) is 0 Å². The smallest absolute Gasteiger partial charge is 0.263 e. The molecule has 0 saturated carbocycles. The fourth-order valence-corrected chi connectivity index (χ4v) is 4.98. The SMILES string of the molecule is CC1CCc2c(sc3nc(N4CCNCC4)n(C)c(=O)c23)C1. The standard InChI is InChI=1S/C16H22N4OS/c1-10-3-4-11-12(9-10)22-14-13(11)15(21)19(2)16(18-14)20-7-5-17-6-8-20/h10,17H,3-9H2,1-2H3. The summed E-state index contributed by atoms with van der Waals surface area (Å²) in [6.45, 7) is 6.02. The third-order valence-corrected chi connectivity index (χ3v) is 6.06. The Balaban J connectivity index is 1.88. The number of piperazine rings is 1. The van der Waals surface area contributed by atoms with Crippen molar-refractivity contribution in [1.82, 2.24) is 14.9 Å². The summed E-state index contributed by atoms with van der Waals surface area (Å²) in [5, 5.41) is 4.23. The van der Waals surface area contributed by atoms with Gasteiger partial charge in [0.25, 0.3) is 5.56 Å². The number of nitrogens with zero attached hydrogens (tertiary/aromatic N) is 3. The summed E-state index contributed by atoms with van der Waals surface area (Å²) in [4.78, 5) is 22.3. The van der Waals surface area contributed by atoms with E-state index in [-0.39, 0.29) is 5.56 Å². The van der Waals surface area contributed by atoms with Gasteiger partial charge in [0.1, 0.15) is 4.83 Å². The molecule has 6 heteroatoms. The van der Waals surface area contributed by atoms with E-state index >= 15 is 0 Å². The van der Waals surface area contributed by atoms with Crippen molar-refractivity contribution in [1.29, 1.82) is 0 Å². The number of thiophene rings is 1. The molecule has 2 aromatic heterocycles. The first-order valence-corrected chi connectivity index (χ1v) is 8.93. The van der Waals surface area contributed by atoms with Gasteiger partial charge in [-0.25, -0.2) is 4.98 Å². The molecule has 0 spiro atoms. The Kier molecular flexibility index (Phi) is 3.46. The predicted octanol–water partition coefficient (Wildman–Crippen LogP) is 1.53. The zero-order valence-electron chi connectivity index (χ0n) is 13.2. The molecule has 2 aliphatic rings. The van der Waals surface area contributed by atoms with Gasteiger partial charge in [-0.3, -0.25) is 9.36 Å². The summed E-state index contributed by atoms with van der Waals surface area (Å²) in [5.41, 5.74) is 1.41. The summed E-state index contributed by atoms with van der Waals surface area (Å²) in [5.74, 6) is 1.54. The number of anilines is 1. The number of fused-ring (bicyclic) bond motifs is 3. The molecule has 0 radical (unpaired) electrons. The minimum atomic E-state index is 0.130. The number of hydrogen-bond acceptors (Lipinski definition) is 5. The molecule has 1 aliphatic heterocycles. The molecule has 1 saturated heterocycles. The maximum atomic E-state index is 12.9. The Labute approximate surface area is 134 Å². The van der Waals surface area contributed by atoms with Crippen LogP contribution in [0.1, 0.15) is 23.8 Å². The first-order valence-electron chi connectivity index (χ1n) is 8.12. The van der Waals surface area contributed by atoms with Gasteiger partial charge >= 0.3 is 0 Å². The third kappa shape index (κ3) is 2.16. The molecular formula is C16H22N4OS. The summed E-state index contributed by atoms with van der Waals surface area (Å²) in [7, 11) is 1.86. The summed E-state index contributed by atoms with van der Waals surface area (Å²) in [6, 6.07) is 0. The van der Waals surface area contributed by atoms with E-state index in [9.17, 15) is 4.79 Å². The van der Waals surface area contributed by atoms with Crippen molar-refractivity contribution < 1.29 is 0 Å². The Morgan fingerprint density at radius 1 is 1.32 bits per heavy atom. The van der Waals surface area contributed by atoms with E-state index in [0.717, 1.165) is 61.1 Å². The van der Waals surface area contributed by atoms with Gasteiger partial charge in [0, 0.05) is 38.1 Å². The molecule has 4 rings (SSSR count). The zero-order valence-corrected chi connectivity index (χ0v) is 14.0. The van der Waals surface area contributed by atoms with Gasteiger partial charge in [0.05, 0.1) is 5.39 Å². The third-order valence-electron chi connectivity index (χ3n) is 4.91. The van der Waals surface area contributed by atoms with Crippen LogP contribution < -0.4 is 15.8 Å². The number of rotatable bonds is 1. The van der Waals surface area contributed by atoms with Crippen LogP contribution in [0.25, 0.3) is 10.2 Å². The first kappa shape index (κ1) is 14.2. The molecule has 2 aromatic rings. The molecule has 0 amide bonds. The van der Waals surface area contributed by atoms with Crippen molar-refractivity contribution in [2.45, 2.75) is 26.2 Å². The molecule has 22 heavy (non-hydrogen) atoms. The Bertz CT molecular complexity index is 773. The maximum Gasteiger partial charge on any atom is 0.263 e. The van der Waals surface area contributed by atoms with Crippen LogP contribution in [-0.2, 0) is 19.9 Å². The van der Waals surface area contributed by atoms with Crippen molar-refractivity contribution in [3.8, 4) is 0 Å². The van der Waals surface area contributed by atoms with Gasteiger partial charge in [0.15, 0.2) is 0 Å². The predicted molar refractivity (Wildman–Crippen MR) is 91.1 cm³/mol. The lowest BCUT2D eigenvalue weighted by molar-refractivity contribution is 0.509. The van der Waals surface area contributed by atoms with Crippen molar-refractivity contribution >= 4 is 27.5 Å². The number of aryl methyl sites for hydroxylation is 1. The molecule has 1 aliphatic carbocycles. The van der Waals surface area contributed by atoms with Crippen LogP contribution >= 0.6 is 11.3 Å². The highest BCUT2D eigenvalue weighted by molar-refractivity contribution is 7.18. The number of nitrogens with one attached hydrogen (secondary N) is 1. The van der Waals surface area contributed by atoms with E-state index in [1.807, 2.05) is 7.05 Å². The van der Waals surface area contributed by atoms with Crippen LogP contribution in [0.5, 0.6) is 0 Å². The highest BCUT2D eigenvalue weighted by atomic mass is 32.1. The summed E-state index contributed by atoms with van der Waals surface area (Å²) in [6.07, 6.45) is 3.31. The zero-order chi connectivity index (χ0) is 15.3. The monoisotopic (exact) mass is 318 g/mol. The average Bonchev–Trinajstić information content (AvgIpc) is 2.89. The van der Waals surface area contributed by atoms with E-state index in [4.69, 9.17) is 4.98 Å². The van der Waals surface area contributed by atoms with E-state index in [1.54, 1.807) is 15.9 Å². The Hall–Kier alpha value is -1.40. The average molecular weight is 318 g/mol. The van der Waals surface area contributed by atoms with E-state index < -0.39 is 0 Å². The Morgan fingerprint density at radius 3 is 2.86 bits per heavy atom. The molecular weight excluding hydrogens is 296 g/mol. The van der Waals surface area contributed by atoms with Gasteiger partial charge < -0.3 is 10.2 Å². The van der Waals surface area contributed by atoms with E-state index in [1.165, 1.54) is 16.9 Å². The largest absolute Gasteiger partial charge is 0.340 e. The molecule has 118 valence electrons. The second kappa shape index (κ2) is 5.35. The lowest BCUT2D eigenvalue weighted by atomic mass is 9.89. The maximum absolute atomic E-state index is 12.9. The molecule has 3 heterocycles. The van der Waals surface area contributed by atoms with Gasteiger partial charge in [-0.15, -0.1) is 11.3 Å². The van der Waals surface area contributed by atoms with Crippen molar-refractivity contribution in [3.63, 3.8) is 0 Å². The van der Waals surface area contributed by atoms with Gasteiger partial charge in [-0.2, -0.15) is 0 Å². The second-order valence-electron chi connectivity index (χ2n) is 6.54. The molecule has 1 atom stereocenters. The number of aromatic nitrogens is 2. The highest BCUT2D eigenvalue weighted by Gasteiger charge is 2.25. The van der Waals surface area contributed by atoms with Crippen LogP contribution in [0.3, 0.4) is 0 Å². The Morgan fingerprint density at radius 2 is 2.09 bits per heavy atom. The lowest BCUT2D eigenvalue weighted by Crippen LogP contribution is -2.45. The van der Waals surface area contributed by atoms with Crippen molar-refractivity contribution in [3.05, 3.63) is 20.8 Å². The van der Waals surface area contributed by atoms with Crippen LogP contribution in [0.2, 0.25) is 0 Å².